The minimum absolute atomic E-state index is 0.153. The summed E-state index contributed by atoms with van der Waals surface area (Å²) in [5, 5.41) is 11.9. The van der Waals surface area contributed by atoms with Crippen LogP contribution in [0, 0.1) is 17.1 Å². The molecule has 1 aromatic rings. The Morgan fingerprint density at radius 1 is 1.55 bits per heavy atom. The van der Waals surface area contributed by atoms with E-state index in [1.165, 1.54) is 16.4 Å². The molecule has 5 nitrogen and oxygen atoms in total. The fourth-order valence-electron chi connectivity index (χ4n) is 2.52. The molecule has 108 valence electrons. The first-order valence-electron chi connectivity index (χ1n) is 6.37. The third-order valence-electron chi connectivity index (χ3n) is 3.44. The van der Waals surface area contributed by atoms with Gasteiger partial charge < -0.3 is 5.32 Å². The maximum atomic E-state index is 13.6. The van der Waals surface area contributed by atoms with Gasteiger partial charge in [0.15, 0.2) is 0 Å². The van der Waals surface area contributed by atoms with E-state index in [1.54, 1.807) is 13.1 Å². The average molecular weight is 297 g/mol. The molecule has 1 fully saturated rings. The van der Waals surface area contributed by atoms with Crippen LogP contribution in [0.15, 0.2) is 23.1 Å². The number of nitrogens with one attached hydrogen (secondary N) is 1. The largest absolute Gasteiger partial charge is 0.318 e. The van der Waals surface area contributed by atoms with Crippen LogP contribution in [0.3, 0.4) is 0 Å². The zero-order valence-corrected chi connectivity index (χ0v) is 12.0. The molecule has 2 rings (SSSR count). The Bertz CT molecular complexity index is 640. The highest BCUT2D eigenvalue weighted by molar-refractivity contribution is 7.89. The Kier molecular flexibility index (Phi) is 4.38. The van der Waals surface area contributed by atoms with Crippen LogP contribution in [0.1, 0.15) is 18.4 Å². The van der Waals surface area contributed by atoms with Crippen LogP contribution in [0.2, 0.25) is 0 Å². The number of rotatable bonds is 4. The van der Waals surface area contributed by atoms with Crippen LogP contribution in [0.4, 0.5) is 4.39 Å². The molecule has 0 bridgehead atoms. The summed E-state index contributed by atoms with van der Waals surface area (Å²) in [5.74, 6) is -0.807. The Balaban J connectivity index is 2.46. The first-order valence-corrected chi connectivity index (χ1v) is 7.81. The predicted octanol–water partition coefficient (Wildman–Crippen LogP) is 1.07. The lowest BCUT2D eigenvalue weighted by molar-refractivity contribution is 0.378. The van der Waals surface area contributed by atoms with E-state index in [1.807, 2.05) is 0 Å². The normalized spacial score (nSPS) is 19.9. The Labute approximate surface area is 118 Å². The SMILES string of the molecule is CNCC1CCCN1S(=O)(=O)c1cccc(F)c1C#N. The van der Waals surface area contributed by atoms with Gasteiger partial charge in [0, 0.05) is 19.1 Å². The van der Waals surface area contributed by atoms with E-state index in [9.17, 15) is 12.8 Å². The molecular formula is C13H16FN3O2S. The number of hydrogen-bond acceptors (Lipinski definition) is 4. The minimum Gasteiger partial charge on any atom is -0.318 e. The van der Waals surface area contributed by atoms with Crippen molar-refractivity contribution in [1.29, 1.82) is 5.26 Å². The molecule has 1 aromatic carbocycles. The van der Waals surface area contributed by atoms with E-state index >= 15 is 0 Å². The molecule has 0 aromatic heterocycles. The van der Waals surface area contributed by atoms with Crippen molar-refractivity contribution in [1.82, 2.24) is 9.62 Å². The summed E-state index contributed by atoms with van der Waals surface area (Å²) >= 11 is 0. The van der Waals surface area contributed by atoms with Gasteiger partial charge in [-0.25, -0.2) is 12.8 Å². The number of nitriles is 1. The summed E-state index contributed by atoms with van der Waals surface area (Å²) in [5.41, 5.74) is -0.414. The number of likely N-dealkylation sites (N-methyl/N-ethyl adjacent to an activating group) is 1. The first-order chi connectivity index (χ1) is 9.52. The van der Waals surface area contributed by atoms with Crippen LogP contribution in [0.25, 0.3) is 0 Å². The highest BCUT2D eigenvalue weighted by atomic mass is 32.2. The van der Waals surface area contributed by atoms with E-state index in [2.05, 4.69) is 5.32 Å². The van der Waals surface area contributed by atoms with E-state index < -0.39 is 21.4 Å². The molecule has 20 heavy (non-hydrogen) atoms. The molecular weight excluding hydrogens is 281 g/mol. The molecule has 7 heteroatoms. The van der Waals surface area contributed by atoms with E-state index in [-0.39, 0.29) is 10.9 Å². The van der Waals surface area contributed by atoms with Crippen LogP contribution in [-0.2, 0) is 10.0 Å². The van der Waals surface area contributed by atoms with E-state index in [0.29, 0.717) is 13.1 Å². The molecule has 0 spiro atoms. The quantitative estimate of drug-likeness (QED) is 0.902. The zero-order valence-electron chi connectivity index (χ0n) is 11.1. The van der Waals surface area contributed by atoms with Gasteiger partial charge in [-0.2, -0.15) is 9.57 Å². The summed E-state index contributed by atoms with van der Waals surface area (Å²) in [6.07, 6.45) is 1.53. The first kappa shape index (κ1) is 14.9. The maximum absolute atomic E-state index is 13.6. The second-order valence-electron chi connectivity index (χ2n) is 4.69. The van der Waals surface area contributed by atoms with Crippen molar-refractivity contribution in [2.45, 2.75) is 23.8 Å². The van der Waals surface area contributed by atoms with Gasteiger partial charge in [-0.15, -0.1) is 0 Å². The molecule has 1 saturated heterocycles. The molecule has 1 heterocycles. The molecule has 1 N–H and O–H groups in total. The van der Waals surface area contributed by atoms with Crippen LogP contribution in [0.5, 0.6) is 0 Å². The Hall–Kier alpha value is -1.49. The van der Waals surface area contributed by atoms with Gasteiger partial charge in [-0.1, -0.05) is 6.07 Å². The van der Waals surface area contributed by atoms with Gasteiger partial charge >= 0.3 is 0 Å². The molecule has 1 aliphatic heterocycles. The van der Waals surface area contributed by atoms with Crippen molar-refractivity contribution in [3.8, 4) is 6.07 Å². The van der Waals surface area contributed by atoms with Crippen molar-refractivity contribution in [3.63, 3.8) is 0 Å². The molecule has 0 aliphatic carbocycles. The predicted molar refractivity (Wildman–Crippen MR) is 72.0 cm³/mol. The van der Waals surface area contributed by atoms with E-state index in [4.69, 9.17) is 5.26 Å². The van der Waals surface area contributed by atoms with Crippen LogP contribution < -0.4 is 5.32 Å². The third-order valence-corrected chi connectivity index (χ3v) is 5.43. The summed E-state index contributed by atoms with van der Waals surface area (Å²) in [4.78, 5) is -0.247. The van der Waals surface area contributed by atoms with Crippen molar-refractivity contribution in [3.05, 3.63) is 29.6 Å². The maximum Gasteiger partial charge on any atom is 0.244 e. The second kappa shape index (κ2) is 5.87. The molecule has 1 unspecified atom stereocenters. The molecule has 0 saturated carbocycles. The fourth-order valence-corrected chi connectivity index (χ4v) is 4.37. The van der Waals surface area contributed by atoms with Gasteiger partial charge in [0.25, 0.3) is 0 Å². The summed E-state index contributed by atoms with van der Waals surface area (Å²) in [6.45, 7) is 0.937. The van der Waals surface area contributed by atoms with Gasteiger partial charge in [-0.05, 0) is 32.0 Å². The third kappa shape index (κ3) is 2.54. The summed E-state index contributed by atoms with van der Waals surface area (Å²) in [6, 6.07) is 5.18. The molecule has 1 aliphatic rings. The van der Waals surface area contributed by atoms with E-state index in [0.717, 1.165) is 18.9 Å². The average Bonchev–Trinajstić information content (AvgIpc) is 2.88. The standard InChI is InChI=1S/C13H16FN3O2S/c1-16-9-10-4-3-7-17(10)20(18,19)13-6-2-5-12(14)11(13)8-15/h2,5-6,10,16H,3-4,7,9H2,1H3. The monoisotopic (exact) mass is 297 g/mol. The second-order valence-corrected chi connectivity index (χ2v) is 6.55. The number of nitrogens with zero attached hydrogens (tertiary/aromatic N) is 2. The van der Waals surface area contributed by atoms with Gasteiger partial charge in [0.1, 0.15) is 22.3 Å². The minimum atomic E-state index is -3.84. The van der Waals surface area contributed by atoms with Crippen LogP contribution in [-0.4, -0.2) is 38.9 Å². The number of benzene rings is 1. The van der Waals surface area contributed by atoms with Crippen LogP contribution >= 0.6 is 0 Å². The number of halogens is 1. The van der Waals surface area contributed by atoms with Crippen molar-refractivity contribution >= 4 is 10.0 Å². The summed E-state index contributed by atoms with van der Waals surface area (Å²) in [7, 11) is -2.09. The van der Waals surface area contributed by atoms with Crippen molar-refractivity contribution in [2.24, 2.45) is 0 Å². The lowest BCUT2D eigenvalue weighted by Gasteiger charge is -2.24. The van der Waals surface area contributed by atoms with Crippen molar-refractivity contribution in [2.75, 3.05) is 20.1 Å². The lowest BCUT2D eigenvalue weighted by atomic mass is 10.2. The number of hydrogen-bond donors (Lipinski definition) is 1. The molecule has 1 atom stereocenters. The lowest BCUT2D eigenvalue weighted by Crippen LogP contribution is -2.41. The zero-order chi connectivity index (χ0) is 14.8. The van der Waals surface area contributed by atoms with Gasteiger partial charge in [-0.3, -0.25) is 0 Å². The summed E-state index contributed by atoms with van der Waals surface area (Å²) < 4.78 is 40.2. The smallest absolute Gasteiger partial charge is 0.244 e. The van der Waals surface area contributed by atoms with Gasteiger partial charge in [0.05, 0.1) is 0 Å². The van der Waals surface area contributed by atoms with Crippen molar-refractivity contribution < 1.29 is 12.8 Å². The highest BCUT2D eigenvalue weighted by Crippen LogP contribution is 2.28. The number of sulfonamides is 1. The Morgan fingerprint density at radius 3 is 2.95 bits per heavy atom. The Morgan fingerprint density at radius 2 is 2.30 bits per heavy atom. The topological polar surface area (TPSA) is 73.2 Å². The highest BCUT2D eigenvalue weighted by Gasteiger charge is 2.36. The molecule has 0 radical (unpaired) electrons. The van der Waals surface area contributed by atoms with Gasteiger partial charge in [0.2, 0.25) is 10.0 Å². The molecule has 0 amide bonds. The fraction of sp³-hybridized carbons (Fsp3) is 0.462.